The van der Waals surface area contributed by atoms with Gasteiger partial charge in [0.15, 0.2) is 10.8 Å². The van der Waals surface area contributed by atoms with Gasteiger partial charge in [-0.1, -0.05) is 36.0 Å². The number of carbonyl (C=O) groups excluding carboxylic acids is 1. The van der Waals surface area contributed by atoms with Crippen LogP contribution in [0.4, 0.5) is 0 Å². The molecule has 5 rings (SSSR count). The largest absolute Gasteiger partial charge is 0.497 e. The topological polar surface area (TPSA) is 59.7 Å². The van der Waals surface area contributed by atoms with Crippen molar-refractivity contribution in [1.82, 2.24) is 19.5 Å². The number of hydrogen-bond donors (Lipinski definition) is 0. The van der Waals surface area contributed by atoms with Gasteiger partial charge in [-0.05, 0) is 55.2 Å². The van der Waals surface area contributed by atoms with Crippen LogP contribution >= 0.6 is 11.8 Å². The third-order valence-corrected chi connectivity index (χ3v) is 6.98. The highest BCUT2D eigenvalue weighted by atomic mass is 32.2. The van der Waals surface area contributed by atoms with Crippen molar-refractivity contribution in [3.8, 4) is 5.75 Å². The first-order valence-electron chi connectivity index (χ1n) is 10.4. The van der Waals surface area contributed by atoms with Crippen molar-refractivity contribution in [2.75, 3.05) is 13.7 Å². The van der Waals surface area contributed by atoms with Crippen LogP contribution in [0.3, 0.4) is 0 Å². The summed E-state index contributed by atoms with van der Waals surface area (Å²) in [5.41, 5.74) is 5.46. The predicted octanol–water partition coefficient (Wildman–Crippen LogP) is 4.27. The molecule has 4 aromatic rings. The molecule has 7 heteroatoms. The number of aromatic nitrogens is 3. The summed E-state index contributed by atoms with van der Waals surface area (Å²) in [6.07, 6.45) is 0.900. The van der Waals surface area contributed by atoms with Crippen molar-refractivity contribution in [3.05, 3.63) is 65.2 Å². The van der Waals surface area contributed by atoms with Gasteiger partial charge in [-0.3, -0.25) is 9.20 Å². The van der Waals surface area contributed by atoms with Gasteiger partial charge < -0.3 is 9.64 Å². The first-order valence-corrected chi connectivity index (χ1v) is 11.3. The standard InChI is InChI=1S/C24H24N4O2S/c1-15-12-22-25-26-24(28(22)21-13-19(30-3)8-9-20(15)21)31-16(2)23(29)27-11-10-17-6-4-5-7-18(17)14-27/h4-9,12-13,16H,10-11,14H2,1-3H3/t16-/m0/s1. The van der Waals surface area contributed by atoms with Gasteiger partial charge >= 0.3 is 0 Å². The predicted molar refractivity (Wildman–Crippen MR) is 123 cm³/mol. The molecule has 1 amide bonds. The lowest BCUT2D eigenvalue weighted by Gasteiger charge is -2.30. The lowest BCUT2D eigenvalue weighted by Crippen LogP contribution is -2.40. The Labute approximate surface area is 185 Å². The van der Waals surface area contributed by atoms with Crippen LogP contribution in [0.2, 0.25) is 0 Å². The summed E-state index contributed by atoms with van der Waals surface area (Å²) in [4.78, 5) is 15.2. The van der Waals surface area contributed by atoms with Gasteiger partial charge in [0.25, 0.3) is 0 Å². The fourth-order valence-electron chi connectivity index (χ4n) is 4.26. The van der Waals surface area contributed by atoms with Gasteiger partial charge in [-0.25, -0.2) is 0 Å². The number of ether oxygens (including phenoxy) is 1. The summed E-state index contributed by atoms with van der Waals surface area (Å²) in [5, 5.41) is 10.3. The number of nitrogens with zero attached hydrogens (tertiary/aromatic N) is 4. The van der Waals surface area contributed by atoms with Crippen molar-refractivity contribution >= 4 is 34.2 Å². The van der Waals surface area contributed by atoms with Crippen molar-refractivity contribution in [1.29, 1.82) is 0 Å². The average molecular weight is 433 g/mol. The zero-order valence-electron chi connectivity index (χ0n) is 17.8. The van der Waals surface area contributed by atoms with Gasteiger partial charge in [0.1, 0.15) is 5.75 Å². The highest BCUT2D eigenvalue weighted by Crippen LogP contribution is 2.31. The van der Waals surface area contributed by atoms with Gasteiger partial charge in [-0.15, -0.1) is 10.2 Å². The average Bonchev–Trinajstić information content (AvgIpc) is 3.20. The Hall–Kier alpha value is -3.06. The summed E-state index contributed by atoms with van der Waals surface area (Å²) in [6.45, 7) is 5.43. The third-order valence-electron chi connectivity index (χ3n) is 5.95. The van der Waals surface area contributed by atoms with Gasteiger partial charge in [-0.2, -0.15) is 0 Å². The van der Waals surface area contributed by atoms with E-state index in [1.54, 1.807) is 7.11 Å². The first-order chi connectivity index (χ1) is 15.0. The van der Waals surface area contributed by atoms with E-state index < -0.39 is 0 Å². The second kappa shape index (κ2) is 7.89. The maximum absolute atomic E-state index is 13.2. The van der Waals surface area contributed by atoms with Crippen LogP contribution < -0.4 is 4.74 Å². The zero-order valence-corrected chi connectivity index (χ0v) is 18.6. The smallest absolute Gasteiger partial charge is 0.236 e. The van der Waals surface area contributed by atoms with E-state index in [1.165, 1.54) is 22.9 Å². The van der Waals surface area contributed by atoms with Gasteiger partial charge in [0.05, 0.1) is 17.9 Å². The molecule has 0 spiro atoms. The summed E-state index contributed by atoms with van der Waals surface area (Å²) >= 11 is 1.45. The molecular formula is C24H24N4O2S. The molecule has 0 radical (unpaired) electrons. The molecule has 2 aromatic heterocycles. The second-order valence-electron chi connectivity index (χ2n) is 7.93. The van der Waals surface area contributed by atoms with Gasteiger partial charge in [0, 0.05) is 24.5 Å². The number of pyridine rings is 1. The number of methoxy groups -OCH3 is 1. The molecule has 31 heavy (non-hydrogen) atoms. The van der Waals surface area contributed by atoms with Crippen molar-refractivity contribution in [3.63, 3.8) is 0 Å². The zero-order chi connectivity index (χ0) is 21.5. The van der Waals surface area contributed by atoms with Gasteiger partial charge in [0.2, 0.25) is 5.91 Å². The van der Waals surface area contributed by atoms with E-state index in [9.17, 15) is 4.79 Å². The third kappa shape index (κ3) is 3.53. The van der Waals surface area contributed by atoms with E-state index in [0.29, 0.717) is 11.7 Å². The normalized spacial score (nSPS) is 14.6. The molecule has 3 heterocycles. The highest BCUT2D eigenvalue weighted by molar-refractivity contribution is 8.00. The molecule has 0 aliphatic carbocycles. The molecule has 6 nitrogen and oxygen atoms in total. The summed E-state index contributed by atoms with van der Waals surface area (Å²) < 4.78 is 7.45. The molecule has 1 atom stereocenters. The second-order valence-corrected chi connectivity index (χ2v) is 9.23. The minimum atomic E-state index is -0.264. The van der Waals surface area contributed by atoms with E-state index in [2.05, 4.69) is 41.4 Å². The quantitative estimate of drug-likeness (QED) is 0.451. The molecule has 1 aliphatic rings. The highest BCUT2D eigenvalue weighted by Gasteiger charge is 2.26. The lowest BCUT2D eigenvalue weighted by atomic mass is 10.00. The molecule has 0 saturated carbocycles. The number of thioether (sulfide) groups is 1. The SMILES string of the molecule is COc1ccc2c(C)cc3nnc(S[C@@H](C)C(=O)N4CCc5ccccc5C4)n3c2c1. The molecule has 0 unspecified atom stereocenters. The summed E-state index contributed by atoms with van der Waals surface area (Å²) in [6, 6.07) is 16.4. The lowest BCUT2D eigenvalue weighted by molar-refractivity contribution is -0.131. The molecule has 2 aromatic carbocycles. The van der Waals surface area contributed by atoms with E-state index >= 15 is 0 Å². The maximum Gasteiger partial charge on any atom is 0.236 e. The van der Waals surface area contributed by atoms with Crippen LogP contribution in [0.15, 0.2) is 53.7 Å². The van der Waals surface area contributed by atoms with E-state index in [1.807, 2.05) is 40.5 Å². The fraction of sp³-hybridized carbons (Fsp3) is 0.292. The van der Waals surface area contributed by atoms with Crippen LogP contribution in [0.5, 0.6) is 5.75 Å². The number of amides is 1. The molecular weight excluding hydrogens is 408 g/mol. The van der Waals surface area contributed by atoms with Crippen LogP contribution in [0, 0.1) is 6.92 Å². The Kier molecular flexibility index (Phi) is 5.06. The van der Waals surface area contributed by atoms with E-state index in [0.717, 1.165) is 40.8 Å². The van der Waals surface area contributed by atoms with E-state index in [-0.39, 0.29) is 11.2 Å². The number of hydrogen-bond acceptors (Lipinski definition) is 5. The molecule has 0 saturated heterocycles. The summed E-state index contributed by atoms with van der Waals surface area (Å²) in [5.74, 6) is 0.908. The minimum absolute atomic E-state index is 0.130. The van der Waals surface area contributed by atoms with E-state index in [4.69, 9.17) is 4.74 Å². The fourth-order valence-corrected chi connectivity index (χ4v) is 5.21. The van der Waals surface area contributed by atoms with Crippen LogP contribution in [-0.4, -0.2) is 44.3 Å². The number of benzene rings is 2. The number of rotatable bonds is 4. The number of carbonyl (C=O) groups is 1. The molecule has 0 bridgehead atoms. The Morgan fingerprint density at radius 2 is 1.94 bits per heavy atom. The minimum Gasteiger partial charge on any atom is -0.497 e. The van der Waals surface area contributed by atoms with Crippen LogP contribution in [0.1, 0.15) is 23.6 Å². The molecule has 1 aliphatic heterocycles. The Morgan fingerprint density at radius 3 is 2.74 bits per heavy atom. The molecule has 0 N–H and O–H groups in total. The number of fused-ring (bicyclic) bond motifs is 4. The van der Waals surface area contributed by atoms with Crippen LogP contribution in [0.25, 0.3) is 16.6 Å². The first kappa shape index (κ1) is 19.9. The Balaban J connectivity index is 1.45. The monoisotopic (exact) mass is 432 g/mol. The van der Waals surface area contributed by atoms with Crippen molar-refractivity contribution in [2.45, 2.75) is 37.2 Å². The summed E-state index contributed by atoms with van der Waals surface area (Å²) in [7, 11) is 1.66. The van der Waals surface area contributed by atoms with Crippen molar-refractivity contribution < 1.29 is 9.53 Å². The van der Waals surface area contributed by atoms with Crippen LogP contribution in [-0.2, 0) is 17.8 Å². The maximum atomic E-state index is 13.2. The Bertz CT molecular complexity index is 1300. The molecule has 158 valence electrons. The molecule has 0 fully saturated rings. The number of aryl methyl sites for hydroxylation is 1. The Morgan fingerprint density at radius 1 is 1.13 bits per heavy atom. The van der Waals surface area contributed by atoms with Crippen molar-refractivity contribution in [2.24, 2.45) is 0 Å².